The highest BCUT2D eigenvalue weighted by atomic mass is 16.4. The Bertz CT molecular complexity index is 2690. The molecular formula is C55H87N13O23. The molecule has 36 heteroatoms. The van der Waals surface area contributed by atoms with E-state index in [9.17, 15) is 107 Å². The van der Waals surface area contributed by atoms with Crippen LogP contribution >= 0.6 is 0 Å². The lowest BCUT2D eigenvalue weighted by molar-refractivity contribution is -0.141. The maximum absolute atomic E-state index is 14.5. The standard InChI is InChI=1S/C55H87N13O23/c1-10-26(8)44(68-48(84)31(14-18-39(77)78)61-46(82)29(12-16-37(73)74)60-47(83)30(13-17-38(75)76)62-50(86)34(22-40(79)80)58-27(9)69)55(91)64-33-21-35(70)57-20-19-32(63-53(89)42(24(4)5)67-54(90)43(25(6)7)66-51(33)87)49(85)65-41(23(2)3)52(88)59-28(45(56)81)11-15-36(71)72/h23-26,28-34,41-44H,10-22H2,1-9H3,(H2,56,81)(H,57,70)(H,58,69)(H,59,88)(H,60,83)(H,61,82)(H,62,86)(H,63,89)(H,64,91)(H,65,85)(H,66,87)(H,67,90)(H,68,84)(H,71,72)(H,73,74)(H,75,76)(H,77,78)(H,79,80)/t26-,28-,29-,30-,31-,32-,33-,34-,41-,42-,43-,44-/m0/s1. The second-order valence-electron chi connectivity index (χ2n) is 22.8. The van der Waals surface area contributed by atoms with E-state index in [1.54, 1.807) is 20.8 Å². The molecule has 0 radical (unpaired) electrons. The number of amides is 13. The van der Waals surface area contributed by atoms with Crippen LogP contribution in [0.15, 0.2) is 0 Å². The van der Waals surface area contributed by atoms with E-state index < -0.39 is 268 Å². The fourth-order valence-electron chi connectivity index (χ4n) is 8.80. The normalized spacial score (nSPS) is 19.1. The molecule has 0 spiro atoms. The molecule has 12 atom stereocenters. The Morgan fingerprint density at radius 1 is 0.495 bits per heavy atom. The van der Waals surface area contributed by atoms with Gasteiger partial charge in [-0.15, -0.1) is 0 Å². The van der Waals surface area contributed by atoms with Gasteiger partial charge in [0.15, 0.2) is 0 Å². The number of carbonyl (C=O) groups is 18. The van der Waals surface area contributed by atoms with Crippen molar-refractivity contribution in [2.24, 2.45) is 29.4 Å². The van der Waals surface area contributed by atoms with E-state index in [-0.39, 0.29) is 12.8 Å². The molecule has 19 N–H and O–H groups in total. The van der Waals surface area contributed by atoms with Crippen molar-refractivity contribution in [3.63, 3.8) is 0 Å². The first-order valence-electron chi connectivity index (χ1n) is 29.3. The molecule has 1 saturated heterocycles. The molecule has 0 aliphatic carbocycles. The van der Waals surface area contributed by atoms with E-state index in [0.717, 1.165) is 6.92 Å². The zero-order valence-electron chi connectivity index (χ0n) is 52.0. The number of primary amides is 1. The van der Waals surface area contributed by atoms with Crippen molar-refractivity contribution in [1.29, 1.82) is 0 Å². The summed E-state index contributed by atoms with van der Waals surface area (Å²) in [5.74, 6) is -24.7. The number of rotatable bonds is 35. The van der Waals surface area contributed by atoms with Crippen LogP contribution in [0.25, 0.3) is 0 Å². The number of carbonyl (C=O) groups excluding carboxylic acids is 13. The average molecular weight is 1300 g/mol. The van der Waals surface area contributed by atoms with Crippen LogP contribution < -0.4 is 69.5 Å². The fraction of sp³-hybridized carbons (Fsp3) is 0.673. The number of nitrogens with one attached hydrogen (secondary N) is 12. The zero-order chi connectivity index (χ0) is 69.7. The van der Waals surface area contributed by atoms with Crippen LogP contribution in [0.3, 0.4) is 0 Å². The molecule has 1 aliphatic rings. The number of nitrogens with two attached hydrogens (primary N) is 1. The van der Waals surface area contributed by atoms with Crippen LogP contribution in [0.5, 0.6) is 0 Å². The van der Waals surface area contributed by atoms with Crippen molar-refractivity contribution in [2.75, 3.05) is 6.54 Å². The molecule has 1 fully saturated rings. The minimum Gasteiger partial charge on any atom is -0.481 e. The molecule has 13 amide bonds. The lowest BCUT2D eigenvalue weighted by Crippen LogP contribution is -2.62. The molecule has 0 bridgehead atoms. The van der Waals surface area contributed by atoms with Crippen molar-refractivity contribution in [2.45, 2.75) is 206 Å². The summed E-state index contributed by atoms with van der Waals surface area (Å²) in [6, 6.07) is -18.5. The van der Waals surface area contributed by atoms with Gasteiger partial charge in [0.25, 0.3) is 0 Å². The summed E-state index contributed by atoms with van der Waals surface area (Å²) >= 11 is 0. The molecule has 0 aromatic carbocycles. The van der Waals surface area contributed by atoms with Gasteiger partial charge in [0.05, 0.1) is 12.8 Å². The van der Waals surface area contributed by atoms with Gasteiger partial charge in [-0.05, 0) is 55.8 Å². The third-order valence-electron chi connectivity index (χ3n) is 14.2. The highest BCUT2D eigenvalue weighted by Crippen LogP contribution is 2.15. The molecule has 36 nitrogen and oxygen atoms in total. The molecule has 1 heterocycles. The molecule has 0 saturated carbocycles. The van der Waals surface area contributed by atoms with Crippen LogP contribution in [0.2, 0.25) is 0 Å². The predicted molar refractivity (Wildman–Crippen MR) is 312 cm³/mol. The topological polar surface area (TPSA) is 579 Å². The van der Waals surface area contributed by atoms with Crippen LogP contribution in [0.4, 0.5) is 0 Å². The Morgan fingerprint density at radius 3 is 1.30 bits per heavy atom. The van der Waals surface area contributed by atoms with Crippen molar-refractivity contribution in [1.82, 2.24) is 63.8 Å². The van der Waals surface area contributed by atoms with Gasteiger partial charge in [-0.2, -0.15) is 0 Å². The second kappa shape index (κ2) is 38.8. The van der Waals surface area contributed by atoms with Gasteiger partial charge in [-0.25, -0.2) is 0 Å². The lowest BCUT2D eigenvalue weighted by Gasteiger charge is -2.30. The van der Waals surface area contributed by atoms with Gasteiger partial charge in [0.2, 0.25) is 76.8 Å². The van der Waals surface area contributed by atoms with Gasteiger partial charge in [-0.1, -0.05) is 61.8 Å². The van der Waals surface area contributed by atoms with Crippen molar-refractivity contribution < 1.29 is 112 Å². The van der Waals surface area contributed by atoms with Gasteiger partial charge in [0, 0.05) is 39.2 Å². The Hall–Kier alpha value is -9.54. The van der Waals surface area contributed by atoms with Gasteiger partial charge >= 0.3 is 29.8 Å². The molecular weight excluding hydrogens is 1210 g/mol. The van der Waals surface area contributed by atoms with Gasteiger partial charge < -0.3 is 95.1 Å². The van der Waals surface area contributed by atoms with E-state index in [1.165, 1.54) is 34.6 Å². The highest BCUT2D eigenvalue weighted by molar-refractivity contribution is 6.01. The van der Waals surface area contributed by atoms with E-state index in [1.807, 2.05) is 0 Å². The third-order valence-corrected chi connectivity index (χ3v) is 14.2. The SMILES string of the molecule is CC[C@H](C)[C@H](NC(=O)[C@H](CCC(=O)O)NC(=O)[C@H](CCC(=O)O)NC(=O)[C@H](CCC(=O)O)NC(=O)[C@H](CC(=O)O)NC(C)=O)C(=O)N[C@H]1CC(=O)NCC[C@@H](C(=O)N[C@H](C(=O)N[C@@H](CCC(=O)O)C(N)=O)C(C)C)NC(=O)[C@H](C(C)C)NC(=O)[C@H](C(C)C)NC1=O. The quantitative estimate of drug-likeness (QED) is 0.0282. The second-order valence-corrected chi connectivity index (χ2v) is 22.8. The van der Waals surface area contributed by atoms with Crippen LogP contribution in [-0.4, -0.2) is 205 Å². The van der Waals surface area contributed by atoms with Gasteiger partial charge in [-0.3, -0.25) is 86.3 Å². The predicted octanol–water partition coefficient (Wildman–Crippen LogP) is -5.32. The van der Waals surface area contributed by atoms with E-state index in [2.05, 4.69) is 63.8 Å². The Morgan fingerprint density at radius 2 is 0.901 bits per heavy atom. The first-order valence-corrected chi connectivity index (χ1v) is 29.3. The Kier molecular flexibility index (Phi) is 33.9. The maximum Gasteiger partial charge on any atom is 0.305 e. The van der Waals surface area contributed by atoms with Crippen molar-refractivity contribution >= 4 is 107 Å². The minimum absolute atomic E-state index is 0.0873. The van der Waals surface area contributed by atoms with Crippen LogP contribution in [0.1, 0.15) is 139 Å². The van der Waals surface area contributed by atoms with Crippen LogP contribution in [-0.2, 0) is 86.3 Å². The summed E-state index contributed by atoms with van der Waals surface area (Å²) in [5, 5.41) is 75.2. The average Bonchev–Trinajstić information content (AvgIpc) is 3.77. The van der Waals surface area contributed by atoms with E-state index in [0.29, 0.717) is 0 Å². The molecule has 91 heavy (non-hydrogen) atoms. The first-order chi connectivity index (χ1) is 42.3. The smallest absolute Gasteiger partial charge is 0.305 e. The Balaban J connectivity index is 3.79. The summed E-state index contributed by atoms with van der Waals surface area (Å²) in [7, 11) is 0. The fourth-order valence-corrected chi connectivity index (χ4v) is 8.80. The van der Waals surface area contributed by atoms with E-state index >= 15 is 0 Å². The monoisotopic (exact) mass is 1300 g/mol. The summed E-state index contributed by atoms with van der Waals surface area (Å²) in [6.45, 7) is 12.7. The molecule has 0 aromatic heterocycles. The van der Waals surface area contributed by atoms with Crippen LogP contribution in [0, 0.1) is 23.7 Å². The van der Waals surface area contributed by atoms with Crippen molar-refractivity contribution in [3.05, 3.63) is 0 Å². The molecule has 510 valence electrons. The highest BCUT2D eigenvalue weighted by Gasteiger charge is 2.40. The molecule has 0 aromatic rings. The molecule has 1 rings (SSSR count). The molecule has 0 unspecified atom stereocenters. The minimum atomic E-state index is -1.96. The maximum atomic E-state index is 14.5. The van der Waals surface area contributed by atoms with E-state index in [4.69, 9.17) is 10.8 Å². The zero-order valence-corrected chi connectivity index (χ0v) is 52.0. The molecule has 1 aliphatic heterocycles. The Labute approximate surface area is 522 Å². The summed E-state index contributed by atoms with van der Waals surface area (Å²) in [5.41, 5.74) is 5.40. The number of hydrogen-bond acceptors (Lipinski definition) is 18. The first kappa shape index (κ1) is 79.5. The van der Waals surface area contributed by atoms with Crippen molar-refractivity contribution in [3.8, 4) is 0 Å². The lowest BCUT2D eigenvalue weighted by atomic mass is 9.96. The number of aliphatic carboxylic acids is 5. The summed E-state index contributed by atoms with van der Waals surface area (Å²) < 4.78 is 0. The largest absolute Gasteiger partial charge is 0.481 e. The number of carboxylic acid groups (broad SMARTS) is 5. The summed E-state index contributed by atoms with van der Waals surface area (Å²) in [4.78, 5) is 235. The number of carboxylic acids is 5. The van der Waals surface area contributed by atoms with Gasteiger partial charge in [0.1, 0.15) is 66.5 Å². The third kappa shape index (κ3) is 29.1. The number of hydrogen-bond donors (Lipinski definition) is 18. The summed E-state index contributed by atoms with van der Waals surface area (Å²) in [6.07, 6.45) is -7.91.